The minimum Gasteiger partial charge on any atom is -0.363 e. The van der Waals surface area contributed by atoms with E-state index < -0.39 is 5.97 Å². The Hall–Kier alpha value is -1.08. The van der Waals surface area contributed by atoms with Crippen molar-refractivity contribution in [1.82, 2.24) is 9.63 Å². The Morgan fingerprint density at radius 2 is 1.79 bits per heavy atom. The number of aromatic nitrogens is 1. The molecule has 2 rings (SSSR count). The number of carbonyl (C=O) groups is 1. The monoisotopic (exact) mass is 436 g/mol. The van der Waals surface area contributed by atoms with Gasteiger partial charge in [-0.1, -0.05) is 23.2 Å². The van der Waals surface area contributed by atoms with Crippen LogP contribution in [0.3, 0.4) is 0 Å². The number of nitrogens with zero attached hydrogens (tertiary/aromatic N) is 2. The molecule has 0 fully saturated rings. The normalized spacial score (nSPS) is 10.8. The van der Waals surface area contributed by atoms with Gasteiger partial charge in [-0.2, -0.15) is 0 Å². The van der Waals surface area contributed by atoms with E-state index in [9.17, 15) is 9.59 Å². The van der Waals surface area contributed by atoms with Gasteiger partial charge < -0.3 is 9.40 Å². The van der Waals surface area contributed by atoms with Crippen LogP contribution in [0.25, 0.3) is 10.9 Å². The van der Waals surface area contributed by atoms with Crippen molar-refractivity contribution in [2.75, 3.05) is 13.1 Å². The molecule has 0 bridgehead atoms. The molecule has 2 aromatic rings. The fourth-order valence-corrected chi connectivity index (χ4v) is 3.02. The van der Waals surface area contributed by atoms with Crippen molar-refractivity contribution in [1.29, 1.82) is 0 Å². The van der Waals surface area contributed by atoms with Gasteiger partial charge in [-0.25, -0.2) is 4.79 Å². The zero-order valence-corrected chi connectivity index (χ0v) is 16.9. The summed E-state index contributed by atoms with van der Waals surface area (Å²) >= 11 is 12.2. The van der Waals surface area contributed by atoms with Gasteiger partial charge in [0.1, 0.15) is 5.69 Å². The minimum atomic E-state index is -0.578. The third-order valence-electron chi connectivity index (χ3n) is 3.57. The Morgan fingerprint density at radius 1 is 1.17 bits per heavy atom. The minimum absolute atomic E-state index is 0. The standard InChI is InChI=1S/C16H18Cl2N2O3.BrH/c1-4-19(5-2)23-16(22)13-9-14(21)15-11(18)7-10(17)8-12(15)20(13)6-3;/h7-9H,4-6H2,1-3H3;1H. The van der Waals surface area contributed by atoms with Gasteiger partial charge in [0.2, 0.25) is 0 Å². The van der Waals surface area contributed by atoms with Crippen LogP contribution in [0.2, 0.25) is 10.0 Å². The first-order valence-corrected chi connectivity index (χ1v) is 8.18. The van der Waals surface area contributed by atoms with Gasteiger partial charge in [0, 0.05) is 30.7 Å². The maximum absolute atomic E-state index is 12.4. The van der Waals surface area contributed by atoms with Gasteiger partial charge in [0.15, 0.2) is 5.43 Å². The van der Waals surface area contributed by atoms with Crippen LogP contribution >= 0.6 is 40.2 Å². The van der Waals surface area contributed by atoms with Crippen molar-refractivity contribution in [3.8, 4) is 0 Å². The van der Waals surface area contributed by atoms with Gasteiger partial charge in [-0.05, 0) is 32.9 Å². The topological polar surface area (TPSA) is 51.5 Å². The lowest BCUT2D eigenvalue weighted by molar-refractivity contribution is -0.103. The molecule has 5 nitrogen and oxygen atoms in total. The molecule has 0 aliphatic heterocycles. The Balaban J connectivity index is 0.00000288. The van der Waals surface area contributed by atoms with E-state index >= 15 is 0 Å². The molecule has 0 N–H and O–H groups in total. The van der Waals surface area contributed by atoms with Gasteiger partial charge in [0.25, 0.3) is 0 Å². The number of fused-ring (bicyclic) bond motifs is 1. The highest BCUT2D eigenvalue weighted by Gasteiger charge is 2.19. The zero-order valence-electron chi connectivity index (χ0n) is 13.6. The van der Waals surface area contributed by atoms with Crippen molar-refractivity contribution < 1.29 is 9.63 Å². The summed E-state index contributed by atoms with van der Waals surface area (Å²) < 4.78 is 1.68. The largest absolute Gasteiger partial charge is 0.373 e. The summed E-state index contributed by atoms with van der Waals surface area (Å²) in [6.45, 7) is 7.21. The van der Waals surface area contributed by atoms with Crippen molar-refractivity contribution in [3.63, 3.8) is 0 Å². The second-order valence-electron chi connectivity index (χ2n) is 4.91. The van der Waals surface area contributed by atoms with Crippen LogP contribution in [0.4, 0.5) is 0 Å². The van der Waals surface area contributed by atoms with E-state index in [4.69, 9.17) is 28.0 Å². The highest BCUT2D eigenvalue weighted by Crippen LogP contribution is 2.26. The lowest BCUT2D eigenvalue weighted by Crippen LogP contribution is -2.29. The number of carbonyl (C=O) groups excluding carboxylic acids is 1. The number of rotatable bonds is 5. The average molecular weight is 438 g/mol. The van der Waals surface area contributed by atoms with Crippen molar-refractivity contribution in [2.24, 2.45) is 0 Å². The van der Waals surface area contributed by atoms with Gasteiger partial charge in [-0.15, -0.1) is 22.0 Å². The molecular formula is C16H19BrCl2N2O3. The van der Waals surface area contributed by atoms with E-state index in [0.29, 0.717) is 35.6 Å². The number of pyridine rings is 1. The fraction of sp³-hybridized carbons (Fsp3) is 0.375. The fourth-order valence-electron chi connectivity index (χ4n) is 2.45. The molecule has 0 unspecified atom stereocenters. The highest BCUT2D eigenvalue weighted by molar-refractivity contribution is 8.93. The Kier molecular flexibility index (Phi) is 7.73. The first-order chi connectivity index (χ1) is 10.9. The van der Waals surface area contributed by atoms with Crippen LogP contribution < -0.4 is 5.43 Å². The van der Waals surface area contributed by atoms with Gasteiger partial charge in [-0.3, -0.25) is 4.79 Å². The van der Waals surface area contributed by atoms with E-state index in [-0.39, 0.29) is 33.1 Å². The number of hydroxylamine groups is 2. The van der Waals surface area contributed by atoms with Crippen molar-refractivity contribution in [3.05, 3.63) is 44.2 Å². The van der Waals surface area contributed by atoms with E-state index in [0.717, 1.165) is 0 Å². The molecule has 0 aliphatic carbocycles. The third-order valence-corrected chi connectivity index (χ3v) is 4.09. The van der Waals surface area contributed by atoms with Gasteiger partial charge in [0.05, 0.1) is 15.9 Å². The summed E-state index contributed by atoms with van der Waals surface area (Å²) in [5.41, 5.74) is 0.358. The summed E-state index contributed by atoms with van der Waals surface area (Å²) in [5, 5.41) is 2.53. The first kappa shape index (κ1) is 21.0. The Bertz CT molecular complexity index is 804. The molecular weight excluding hydrogens is 419 g/mol. The van der Waals surface area contributed by atoms with E-state index in [1.165, 1.54) is 17.2 Å². The Labute approximate surface area is 160 Å². The van der Waals surface area contributed by atoms with Crippen LogP contribution in [-0.2, 0) is 11.4 Å². The number of halogens is 3. The summed E-state index contributed by atoms with van der Waals surface area (Å²) in [7, 11) is 0. The van der Waals surface area contributed by atoms with Crippen LogP contribution in [0.1, 0.15) is 31.3 Å². The number of hydrogen-bond acceptors (Lipinski definition) is 4. The average Bonchev–Trinajstić information content (AvgIpc) is 2.51. The maximum Gasteiger partial charge on any atom is 0.373 e. The molecule has 132 valence electrons. The third kappa shape index (κ3) is 4.11. The van der Waals surface area contributed by atoms with E-state index in [2.05, 4.69) is 0 Å². The molecule has 8 heteroatoms. The number of aryl methyl sites for hydroxylation is 1. The maximum atomic E-state index is 12.4. The molecule has 0 spiro atoms. The predicted molar refractivity (Wildman–Crippen MR) is 103 cm³/mol. The van der Waals surface area contributed by atoms with E-state index in [1.54, 1.807) is 10.6 Å². The summed E-state index contributed by atoms with van der Waals surface area (Å²) in [6, 6.07) is 4.40. The molecule has 0 aliphatic rings. The second kappa shape index (κ2) is 8.85. The predicted octanol–water partition coefficient (Wildman–Crippen LogP) is 4.32. The van der Waals surface area contributed by atoms with Gasteiger partial charge >= 0.3 is 5.97 Å². The molecule has 0 amide bonds. The Morgan fingerprint density at radius 3 is 2.33 bits per heavy atom. The molecule has 24 heavy (non-hydrogen) atoms. The molecule has 0 radical (unpaired) electrons. The molecule has 1 aromatic carbocycles. The molecule has 1 heterocycles. The molecule has 1 aromatic heterocycles. The number of benzene rings is 1. The lowest BCUT2D eigenvalue weighted by atomic mass is 10.1. The second-order valence-corrected chi connectivity index (χ2v) is 5.76. The number of hydrogen-bond donors (Lipinski definition) is 0. The van der Waals surface area contributed by atoms with Crippen LogP contribution in [0.5, 0.6) is 0 Å². The molecule has 0 saturated heterocycles. The smallest absolute Gasteiger partial charge is 0.363 e. The summed E-state index contributed by atoms with van der Waals surface area (Å²) in [5.74, 6) is -0.578. The SMILES string of the molecule is Br.CCN(CC)OC(=O)c1cc(=O)c2c(Cl)cc(Cl)cc2n1CC. The molecule has 0 atom stereocenters. The quantitative estimate of drug-likeness (QED) is 0.653. The van der Waals surface area contributed by atoms with Crippen LogP contribution in [0, 0.1) is 0 Å². The molecule has 0 saturated carbocycles. The summed E-state index contributed by atoms with van der Waals surface area (Å²) in [4.78, 5) is 30.1. The van der Waals surface area contributed by atoms with Crippen molar-refractivity contribution >= 4 is 57.1 Å². The lowest BCUT2D eigenvalue weighted by Gasteiger charge is -2.20. The first-order valence-electron chi connectivity index (χ1n) is 7.42. The summed E-state index contributed by atoms with van der Waals surface area (Å²) in [6.07, 6.45) is 0. The van der Waals surface area contributed by atoms with Crippen molar-refractivity contribution in [2.45, 2.75) is 27.3 Å². The van der Waals surface area contributed by atoms with E-state index in [1.807, 2.05) is 20.8 Å². The van der Waals surface area contributed by atoms with Crippen LogP contribution in [0.15, 0.2) is 23.0 Å². The highest BCUT2D eigenvalue weighted by atomic mass is 79.9. The van der Waals surface area contributed by atoms with Crippen LogP contribution in [-0.4, -0.2) is 28.7 Å². The zero-order chi connectivity index (χ0) is 17.1.